The lowest BCUT2D eigenvalue weighted by Gasteiger charge is -2.15. The number of alkyl halides is 9. The van der Waals surface area contributed by atoms with Gasteiger partial charge < -0.3 is 5.11 Å². The van der Waals surface area contributed by atoms with Crippen LogP contribution in [-0.2, 0) is 18.5 Å². The van der Waals surface area contributed by atoms with Crippen LogP contribution in [0.25, 0.3) is 11.1 Å². The summed E-state index contributed by atoms with van der Waals surface area (Å²) < 4.78 is 114. The van der Waals surface area contributed by atoms with Crippen molar-refractivity contribution in [2.75, 3.05) is 0 Å². The Morgan fingerprint density at radius 3 is 1.36 bits per heavy atom. The Morgan fingerprint density at radius 1 is 0.560 bits per heavy atom. The standard InChI is InChI=1S/C15H7F9O/c16-13(17,18)8-1-2-11(12(25)6-8)7-3-9(14(19,20)21)5-10(4-7)15(22,23)24/h1-6,25H. The second-order valence-corrected chi connectivity index (χ2v) is 5.02. The van der Waals surface area contributed by atoms with Crippen molar-refractivity contribution >= 4 is 0 Å². The van der Waals surface area contributed by atoms with Gasteiger partial charge in [0.2, 0.25) is 0 Å². The van der Waals surface area contributed by atoms with Crippen molar-refractivity contribution in [2.24, 2.45) is 0 Å². The molecule has 0 radical (unpaired) electrons. The molecule has 136 valence electrons. The highest BCUT2D eigenvalue weighted by atomic mass is 19.4. The molecule has 2 aromatic carbocycles. The molecule has 2 aromatic rings. The molecule has 0 amide bonds. The third kappa shape index (κ3) is 4.18. The highest BCUT2D eigenvalue weighted by Crippen LogP contribution is 2.41. The zero-order valence-corrected chi connectivity index (χ0v) is 11.8. The molecule has 1 nitrogen and oxygen atoms in total. The number of rotatable bonds is 1. The Kier molecular flexibility index (Phi) is 4.43. The second kappa shape index (κ2) is 5.85. The fraction of sp³-hybridized carbons (Fsp3) is 0.200. The van der Waals surface area contributed by atoms with Gasteiger partial charge in [-0.1, -0.05) is 6.07 Å². The van der Waals surface area contributed by atoms with Crippen molar-refractivity contribution in [1.29, 1.82) is 0 Å². The minimum atomic E-state index is -5.11. The third-order valence-electron chi connectivity index (χ3n) is 3.22. The van der Waals surface area contributed by atoms with Crippen molar-refractivity contribution in [3.05, 3.63) is 53.1 Å². The summed E-state index contributed by atoms with van der Waals surface area (Å²) in [5.41, 5.74) is -5.89. The molecule has 10 heteroatoms. The molecule has 0 aromatic heterocycles. The number of hydrogen-bond acceptors (Lipinski definition) is 1. The Hall–Kier alpha value is -2.39. The molecule has 0 unspecified atom stereocenters. The third-order valence-corrected chi connectivity index (χ3v) is 3.22. The molecule has 0 saturated heterocycles. The van der Waals surface area contributed by atoms with E-state index in [-0.39, 0.29) is 12.1 Å². The molecular formula is C15H7F9O. The van der Waals surface area contributed by atoms with E-state index in [1.807, 2.05) is 0 Å². The summed E-state index contributed by atoms with van der Waals surface area (Å²) in [7, 11) is 0. The summed E-state index contributed by atoms with van der Waals surface area (Å²) in [5.74, 6) is -1.10. The smallest absolute Gasteiger partial charge is 0.416 e. The average Bonchev–Trinajstić information content (AvgIpc) is 2.43. The van der Waals surface area contributed by atoms with Gasteiger partial charge in [0.1, 0.15) is 5.75 Å². The Morgan fingerprint density at radius 2 is 1.00 bits per heavy atom. The summed E-state index contributed by atoms with van der Waals surface area (Å²) in [6.45, 7) is 0. The van der Waals surface area contributed by atoms with Gasteiger partial charge in [-0.3, -0.25) is 0 Å². The number of phenols is 1. The number of halogens is 9. The largest absolute Gasteiger partial charge is 0.507 e. The van der Waals surface area contributed by atoms with Gasteiger partial charge in [0.05, 0.1) is 16.7 Å². The normalized spacial score (nSPS) is 13.2. The molecule has 0 spiro atoms. The maximum Gasteiger partial charge on any atom is 0.416 e. The monoisotopic (exact) mass is 374 g/mol. The fourth-order valence-corrected chi connectivity index (χ4v) is 2.06. The Balaban J connectivity index is 2.67. The predicted molar refractivity (Wildman–Crippen MR) is 68.5 cm³/mol. The highest BCUT2D eigenvalue weighted by Gasteiger charge is 2.37. The number of aromatic hydroxyl groups is 1. The van der Waals surface area contributed by atoms with Crippen molar-refractivity contribution in [3.8, 4) is 16.9 Å². The molecule has 0 atom stereocenters. The molecule has 0 aliphatic heterocycles. The molecule has 25 heavy (non-hydrogen) atoms. The van der Waals surface area contributed by atoms with Crippen LogP contribution in [-0.4, -0.2) is 5.11 Å². The van der Waals surface area contributed by atoms with E-state index < -0.39 is 52.1 Å². The number of phenolic OH excluding ortho intramolecular Hbond substituents is 1. The maximum absolute atomic E-state index is 12.8. The topological polar surface area (TPSA) is 20.2 Å². The first-order valence-electron chi connectivity index (χ1n) is 6.39. The van der Waals surface area contributed by atoms with Crippen molar-refractivity contribution in [1.82, 2.24) is 0 Å². The van der Waals surface area contributed by atoms with Crippen LogP contribution >= 0.6 is 0 Å². The van der Waals surface area contributed by atoms with E-state index in [1.54, 1.807) is 0 Å². The van der Waals surface area contributed by atoms with E-state index in [9.17, 15) is 44.6 Å². The predicted octanol–water partition coefficient (Wildman–Crippen LogP) is 6.12. The molecule has 1 N–H and O–H groups in total. The van der Waals surface area contributed by atoms with Crippen molar-refractivity contribution in [3.63, 3.8) is 0 Å². The first kappa shape index (κ1) is 18.9. The van der Waals surface area contributed by atoms with Gasteiger partial charge in [-0.15, -0.1) is 0 Å². The number of hydrogen-bond donors (Lipinski definition) is 1. The highest BCUT2D eigenvalue weighted by molar-refractivity contribution is 5.72. The Labute approximate surface area is 134 Å². The quantitative estimate of drug-likeness (QED) is 0.597. The molecule has 0 aliphatic rings. The van der Waals surface area contributed by atoms with E-state index in [0.29, 0.717) is 24.3 Å². The van der Waals surface area contributed by atoms with Crippen LogP contribution in [0.4, 0.5) is 39.5 Å². The first-order valence-corrected chi connectivity index (χ1v) is 6.39. The van der Waals surface area contributed by atoms with Crippen LogP contribution in [0.5, 0.6) is 5.75 Å². The lowest BCUT2D eigenvalue weighted by molar-refractivity contribution is -0.143. The molecule has 0 heterocycles. The van der Waals surface area contributed by atoms with E-state index in [4.69, 9.17) is 0 Å². The number of benzene rings is 2. The van der Waals surface area contributed by atoms with Gasteiger partial charge >= 0.3 is 18.5 Å². The molecule has 0 fully saturated rings. The van der Waals surface area contributed by atoms with Crippen LogP contribution in [0, 0.1) is 0 Å². The fourth-order valence-electron chi connectivity index (χ4n) is 2.06. The summed E-state index contributed by atoms with van der Waals surface area (Å²) in [6, 6.07) is 1.79. The second-order valence-electron chi connectivity index (χ2n) is 5.02. The molecular weight excluding hydrogens is 367 g/mol. The van der Waals surface area contributed by atoms with E-state index >= 15 is 0 Å². The van der Waals surface area contributed by atoms with Crippen molar-refractivity contribution < 1.29 is 44.6 Å². The van der Waals surface area contributed by atoms with Gasteiger partial charge in [-0.25, -0.2) is 0 Å². The zero-order valence-electron chi connectivity index (χ0n) is 11.8. The van der Waals surface area contributed by atoms with Crippen molar-refractivity contribution in [2.45, 2.75) is 18.5 Å². The molecule has 2 rings (SSSR count). The lowest BCUT2D eigenvalue weighted by Crippen LogP contribution is -2.11. The zero-order chi connectivity index (χ0) is 19.2. The lowest BCUT2D eigenvalue weighted by atomic mass is 9.97. The summed E-state index contributed by atoms with van der Waals surface area (Å²) in [6.07, 6.45) is -15.1. The van der Waals surface area contributed by atoms with Gasteiger partial charge in [0, 0.05) is 5.56 Å². The van der Waals surface area contributed by atoms with Gasteiger partial charge in [-0.2, -0.15) is 39.5 Å². The van der Waals surface area contributed by atoms with Gasteiger partial charge in [0.15, 0.2) is 0 Å². The molecule has 0 aliphatic carbocycles. The SMILES string of the molecule is Oc1cc(C(F)(F)F)ccc1-c1cc(C(F)(F)F)cc(C(F)(F)F)c1. The summed E-state index contributed by atoms with van der Waals surface area (Å²) in [5, 5.41) is 9.63. The summed E-state index contributed by atoms with van der Waals surface area (Å²) >= 11 is 0. The molecule has 0 saturated carbocycles. The van der Waals surface area contributed by atoms with Crippen LogP contribution < -0.4 is 0 Å². The van der Waals surface area contributed by atoms with E-state index in [0.717, 1.165) is 0 Å². The Bertz CT molecular complexity index is 753. The van der Waals surface area contributed by atoms with Crippen LogP contribution in [0.3, 0.4) is 0 Å². The maximum atomic E-state index is 12.8. The van der Waals surface area contributed by atoms with Gasteiger partial charge in [-0.05, 0) is 35.9 Å². The van der Waals surface area contributed by atoms with Crippen LogP contribution in [0.2, 0.25) is 0 Å². The van der Waals surface area contributed by atoms with E-state index in [2.05, 4.69) is 0 Å². The van der Waals surface area contributed by atoms with Crippen LogP contribution in [0.15, 0.2) is 36.4 Å². The summed E-state index contributed by atoms with van der Waals surface area (Å²) in [4.78, 5) is 0. The minimum absolute atomic E-state index is 0.120. The minimum Gasteiger partial charge on any atom is -0.507 e. The van der Waals surface area contributed by atoms with E-state index in [1.165, 1.54) is 0 Å². The van der Waals surface area contributed by atoms with Crippen LogP contribution in [0.1, 0.15) is 16.7 Å². The molecule has 0 bridgehead atoms. The first-order chi connectivity index (χ1) is 11.2. The van der Waals surface area contributed by atoms with Gasteiger partial charge in [0.25, 0.3) is 0 Å². The average molecular weight is 374 g/mol.